The van der Waals surface area contributed by atoms with E-state index in [2.05, 4.69) is 48.5 Å². The van der Waals surface area contributed by atoms with E-state index in [1.165, 1.54) is 6.21 Å². The van der Waals surface area contributed by atoms with Gasteiger partial charge in [0.1, 0.15) is 23.9 Å². The third-order valence-electron chi connectivity index (χ3n) is 4.16. The number of benzene rings is 1. The number of carbonyl (C=O) groups is 1. The minimum atomic E-state index is -0.520. The Balaban J connectivity index is 1.50. The number of halogens is 2. The second-order valence-electron chi connectivity index (χ2n) is 6.14. The Hall–Kier alpha value is -2.11. The van der Waals surface area contributed by atoms with E-state index >= 15 is 0 Å². The van der Waals surface area contributed by atoms with Gasteiger partial charge >= 0.3 is 0 Å². The smallest absolute Gasteiger partial charge is 0.248 e. The SMILES string of the molecule is CC1(C(=O)N/N=C/c2ccc(COc3ccc(C#N)cc3)o2)CC1(Br)Br. The average molecular weight is 481 g/mol. The van der Waals surface area contributed by atoms with Crippen molar-refractivity contribution in [3.63, 3.8) is 0 Å². The standard InChI is InChI=1S/C18H15Br2N3O3/c1-17(11-18(17,19)20)16(24)23-22-9-14-6-7-15(26-14)10-25-13-4-2-12(8-21)3-5-13/h2-7,9H,10-11H2,1H3,(H,23,24)/b22-9+. The number of furan rings is 1. The van der Waals surface area contributed by atoms with Crippen molar-refractivity contribution in [1.82, 2.24) is 5.43 Å². The first-order chi connectivity index (χ1) is 12.3. The quantitative estimate of drug-likeness (QED) is 0.383. The van der Waals surface area contributed by atoms with Gasteiger partial charge in [-0.2, -0.15) is 10.4 Å². The van der Waals surface area contributed by atoms with E-state index in [0.29, 0.717) is 29.3 Å². The highest BCUT2D eigenvalue weighted by Gasteiger charge is 2.66. The molecule has 1 aromatic carbocycles. The van der Waals surface area contributed by atoms with Crippen LogP contribution in [0.15, 0.2) is 45.9 Å². The zero-order chi connectivity index (χ0) is 18.8. The number of nitrogens with zero attached hydrogens (tertiary/aromatic N) is 2. The molecule has 1 aliphatic carbocycles. The first-order valence-corrected chi connectivity index (χ1v) is 9.36. The first-order valence-electron chi connectivity index (χ1n) is 7.77. The molecule has 0 bridgehead atoms. The van der Waals surface area contributed by atoms with E-state index < -0.39 is 5.41 Å². The van der Waals surface area contributed by atoms with Gasteiger partial charge in [0.15, 0.2) is 0 Å². The molecule has 26 heavy (non-hydrogen) atoms. The number of hydrogen-bond acceptors (Lipinski definition) is 5. The summed E-state index contributed by atoms with van der Waals surface area (Å²) in [7, 11) is 0. The topological polar surface area (TPSA) is 87.6 Å². The summed E-state index contributed by atoms with van der Waals surface area (Å²) in [6.45, 7) is 2.10. The molecule has 1 aliphatic rings. The van der Waals surface area contributed by atoms with Crippen molar-refractivity contribution in [2.45, 2.75) is 23.2 Å². The molecule has 0 radical (unpaired) electrons. The number of nitrogens with one attached hydrogen (secondary N) is 1. The molecule has 1 atom stereocenters. The summed E-state index contributed by atoms with van der Waals surface area (Å²) < 4.78 is 10.8. The highest BCUT2D eigenvalue weighted by Crippen LogP contribution is 2.66. The maximum atomic E-state index is 12.1. The molecule has 8 heteroatoms. The molecule has 1 heterocycles. The van der Waals surface area contributed by atoms with Gasteiger partial charge in [-0.25, -0.2) is 5.43 Å². The zero-order valence-electron chi connectivity index (χ0n) is 13.8. The lowest BCUT2D eigenvalue weighted by atomic mass is 10.1. The number of hydrogen-bond donors (Lipinski definition) is 1. The van der Waals surface area contributed by atoms with Gasteiger partial charge in [-0.1, -0.05) is 31.9 Å². The maximum absolute atomic E-state index is 12.1. The summed E-state index contributed by atoms with van der Waals surface area (Å²) in [5.41, 5.74) is 2.58. The summed E-state index contributed by atoms with van der Waals surface area (Å²) in [4.78, 5) is 12.1. The van der Waals surface area contributed by atoms with Gasteiger partial charge in [-0.05, 0) is 49.7 Å². The maximum Gasteiger partial charge on any atom is 0.248 e. The van der Waals surface area contributed by atoms with Gasteiger partial charge in [-0.15, -0.1) is 0 Å². The molecule has 1 saturated carbocycles. The third kappa shape index (κ3) is 4.00. The number of nitriles is 1. The van der Waals surface area contributed by atoms with Gasteiger partial charge in [0.05, 0.1) is 26.5 Å². The summed E-state index contributed by atoms with van der Waals surface area (Å²) >= 11 is 6.90. The first kappa shape index (κ1) is 18.7. The van der Waals surface area contributed by atoms with Crippen molar-refractivity contribution >= 4 is 44.0 Å². The summed E-state index contributed by atoms with van der Waals surface area (Å²) in [5, 5.41) is 12.7. The fourth-order valence-electron chi connectivity index (χ4n) is 2.25. The highest BCUT2D eigenvalue weighted by atomic mass is 79.9. The van der Waals surface area contributed by atoms with Crippen molar-refractivity contribution in [1.29, 1.82) is 5.26 Å². The highest BCUT2D eigenvalue weighted by molar-refractivity contribution is 9.25. The van der Waals surface area contributed by atoms with E-state index in [1.54, 1.807) is 36.4 Å². The molecule has 0 saturated heterocycles. The van der Waals surface area contributed by atoms with E-state index in [9.17, 15) is 4.79 Å². The van der Waals surface area contributed by atoms with Crippen LogP contribution in [0.25, 0.3) is 0 Å². The van der Waals surface area contributed by atoms with Gasteiger partial charge < -0.3 is 9.15 Å². The van der Waals surface area contributed by atoms with Crippen molar-refractivity contribution in [3.8, 4) is 11.8 Å². The van der Waals surface area contributed by atoms with Crippen LogP contribution in [0.1, 0.15) is 30.4 Å². The van der Waals surface area contributed by atoms with Crippen molar-refractivity contribution < 1.29 is 13.9 Å². The van der Waals surface area contributed by atoms with E-state index in [0.717, 1.165) is 0 Å². The lowest BCUT2D eigenvalue weighted by Gasteiger charge is -2.09. The zero-order valence-corrected chi connectivity index (χ0v) is 17.0. The lowest BCUT2D eigenvalue weighted by Crippen LogP contribution is -2.29. The van der Waals surface area contributed by atoms with Crippen LogP contribution in [0.4, 0.5) is 0 Å². The van der Waals surface area contributed by atoms with Gasteiger partial charge in [-0.3, -0.25) is 4.79 Å². The van der Waals surface area contributed by atoms with Crippen LogP contribution in [-0.4, -0.2) is 15.4 Å². The number of carbonyl (C=O) groups excluding carboxylic acids is 1. The summed E-state index contributed by atoms with van der Waals surface area (Å²) in [5.74, 6) is 1.61. The number of alkyl halides is 2. The fraction of sp³-hybridized carbons (Fsp3) is 0.278. The Bertz CT molecular complexity index is 884. The number of rotatable bonds is 6. The van der Waals surface area contributed by atoms with Crippen LogP contribution in [0.3, 0.4) is 0 Å². The molecule has 134 valence electrons. The summed E-state index contributed by atoms with van der Waals surface area (Å²) in [6, 6.07) is 12.4. The molecule has 0 spiro atoms. The fourth-order valence-corrected chi connectivity index (χ4v) is 3.73. The Labute approximate surface area is 167 Å². The van der Waals surface area contributed by atoms with Crippen molar-refractivity contribution in [3.05, 3.63) is 53.5 Å². The Morgan fingerprint density at radius 1 is 1.38 bits per heavy atom. The molecular weight excluding hydrogens is 466 g/mol. The lowest BCUT2D eigenvalue weighted by molar-refractivity contribution is -0.125. The monoisotopic (exact) mass is 479 g/mol. The predicted octanol–water partition coefficient (Wildman–Crippen LogP) is 4.08. The molecule has 3 rings (SSSR count). The van der Waals surface area contributed by atoms with Crippen LogP contribution in [-0.2, 0) is 11.4 Å². The molecule has 0 aliphatic heterocycles. The van der Waals surface area contributed by atoms with E-state index in [-0.39, 0.29) is 15.7 Å². The van der Waals surface area contributed by atoms with Crippen LogP contribution < -0.4 is 10.2 Å². The van der Waals surface area contributed by atoms with Crippen molar-refractivity contribution in [2.24, 2.45) is 10.5 Å². The molecule has 2 aromatic rings. The van der Waals surface area contributed by atoms with Gasteiger partial charge in [0.2, 0.25) is 5.91 Å². The molecular formula is C18H15Br2N3O3. The number of ether oxygens (including phenoxy) is 1. The molecule has 1 aromatic heterocycles. The van der Waals surface area contributed by atoms with Crippen molar-refractivity contribution in [2.75, 3.05) is 0 Å². The van der Waals surface area contributed by atoms with Crippen LogP contribution in [0.5, 0.6) is 5.75 Å². The minimum absolute atomic E-state index is 0.168. The second kappa shape index (κ2) is 7.25. The number of amides is 1. The second-order valence-corrected chi connectivity index (χ2v) is 9.91. The van der Waals surface area contributed by atoms with E-state index in [4.69, 9.17) is 14.4 Å². The van der Waals surface area contributed by atoms with Crippen LogP contribution >= 0.6 is 31.9 Å². The van der Waals surface area contributed by atoms with Gasteiger partial charge in [0.25, 0.3) is 0 Å². The average Bonchev–Trinajstić information content (AvgIpc) is 2.96. The van der Waals surface area contributed by atoms with Crippen LogP contribution in [0.2, 0.25) is 0 Å². The molecule has 6 nitrogen and oxygen atoms in total. The van der Waals surface area contributed by atoms with Crippen LogP contribution in [0, 0.1) is 16.7 Å². The Morgan fingerprint density at radius 3 is 2.69 bits per heavy atom. The Morgan fingerprint density at radius 2 is 2.08 bits per heavy atom. The number of hydrazone groups is 1. The molecule has 1 unspecified atom stereocenters. The summed E-state index contributed by atoms with van der Waals surface area (Å²) in [6.07, 6.45) is 2.14. The largest absolute Gasteiger partial charge is 0.486 e. The Kier molecular flexibility index (Phi) is 5.21. The third-order valence-corrected chi connectivity index (χ3v) is 6.47. The predicted molar refractivity (Wildman–Crippen MR) is 103 cm³/mol. The normalized spacial score (nSPS) is 20.5. The molecule has 1 amide bonds. The molecule has 1 fully saturated rings. The molecule has 1 N–H and O–H groups in total. The minimum Gasteiger partial charge on any atom is -0.486 e. The van der Waals surface area contributed by atoms with E-state index in [1.807, 2.05) is 6.92 Å². The van der Waals surface area contributed by atoms with Gasteiger partial charge in [0, 0.05) is 0 Å².